The van der Waals surface area contributed by atoms with Gasteiger partial charge in [-0.1, -0.05) is 0 Å². The van der Waals surface area contributed by atoms with Gasteiger partial charge in [0.15, 0.2) is 5.96 Å². The first-order valence-corrected chi connectivity index (χ1v) is 8.69. The number of esters is 1. The maximum absolute atomic E-state index is 11.9. The molecule has 0 bridgehead atoms. The van der Waals surface area contributed by atoms with E-state index in [4.69, 9.17) is 4.74 Å². The fourth-order valence-corrected chi connectivity index (χ4v) is 2.91. The predicted octanol–water partition coefficient (Wildman–Crippen LogP) is 1.53. The van der Waals surface area contributed by atoms with E-state index in [0.717, 1.165) is 51.3 Å². The first kappa shape index (κ1) is 21.7. The Hall–Kier alpha value is -1.39. The maximum atomic E-state index is 11.9. The quantitative estimate of drug-likeness (QED) is 0.217. The number of ether oxygens (including phenoxy) is 1. The molecule has 0 spiro atoms. The summed E-state index contributed by atoms with van der Waals surface area (Å²) in [6.07, 6.45) is 7.42. The Balaban J connectivity index is 0.00000312. The molecule has 0 unspecified atom stereocenters. The number of halogens is 1. The number of rotatable bonds is 7. The maximum Gasteiger partial charge on any atom is 0.310 e. The fraction of sp³-hybridized carbons (Fsp3) is 0.750. The summed E-state index contributed by atoms with van der Waals surface area (Å²) in [5.41, 5.74) is 0. The molecule has 8 nitrogen and oxygen atoms in total. The summed E-state index contributed by atoms with van der Waals surface area (Å²) < 4.78 is 7.13. The molecule has 1 atom stereocenters. The van der Waals surface area contributed by atoms with E-state index in [0.29, 0.717) is 13.2 Å². The molecule has 1 N–H and O–H groups in total. The molecule has 1 aliphatic rings. The van der Waals surface area contributed by atoms with Crippen LogP contribution >= 0.6 is 24.0 Å². The molecule has 0 amide bonds. The van der Waals surface area contributed by atoms with Crippen LogP contribution in [0.4, 0.5) is 0 Å². The standard InChI is InChI=1S/C16H28N6O2.HI/c1-3-24-15(23)14-7-6-10-22(11-14)16(17-2)18-8-4-5-9-21-12-19-20-13-21;/h12-14H,3-11H2,1-2H3,(H,17,18);1H/t14-;/m0./s1. The Bertz CT molecular complexity index is 523. The molecular weight excluding hydrogens is 435 g/mol. The smallest absolute Gasteiger partial charge is 0.310 e. The van der Waals surface area contributed by atoms with Gasteiger partial charge in [0.1, 0.15) is 12.7 Å². The van der Waals surface area contributed by atoms with Gasteiger partial charge < -0.3 is 19.5 Å². The van der Waals surface area contributed by atoms with E-state index in [9.17, 15) is 4.79 Å². The zero-order valence-electron chi connectivity index (χ0n) is 15.1. The van der Waals surface area contributed by atoms with Gasteiger partial charge in [-0.15, -0.1) is 34.2 Å². The van der Waals surface area contributed by atoms with E-state index in [-0.39, 0.29) is 35.9 Å². The number of hydrogen-bond donors (Lipinski definition) is 1. The third-order valence-electron chi connectivity index (χ3n) is 4.15. The van der Waals surface area contributed by atoms with Crippen molar-refractivity contribution in [2.45, 2.75) is 39.2 Å². The van der Waals surface area contributed by atoms with E-state index in [2.05, 4.69) is 25.4 Å². The van der Waals surface area contributed by atoms with Crippen LogP contribution in [0.2, 0.25) is 0 Å². The lowest BCUT2D eigenvalue weighted by atomic mass is 9.98. The lowest BCUT2D eigenvalue weighted by molar-refractivity contribution is -0.149. The second-order valence-electron chi connectivity index (χ2n) is 5.92. The number of aromatic nitrogens is 3. The summed E-state index contributed by atoms with van der Waals surface area (Å²) in [6.45, 7) is 5.67. The molecule has 2 rings (SSSR count). The van der Waals surface area contributed by atoms with Gasteiger partial charge in [-0.2, -0.15) is 0 Å². The largest absolute Gasteiger partial charge is 0.466 e. The average molecular weight is 464 g/mol. The third kappa shape index (κ3) is 7.17. The highest BCUT2D eigenvalue weighted by molar-refractivity contribution is 14.0. The summed E-state index contributed by atoms with van der Waals surface area (Å²) in [4.78, 5) is 18.5. The highest BCUT2D eigenvalue weighted by Crippen LogP contribution is 2.18. The molecule has 1 fully saturated rings. The molecule has 1 aromatic rings. The van der Waals surface area contributed by atoms with Crippen LogP contribution in [0.3, 0.4) is 0 Å². The van der Waals surface area contributed by atoms with Crippen molar-refractivity contribution in [2.75, 3.05) is 33.3 Å². The van der Waals surface area contributed by atoms with Crippen molar-refractivity contribution in [1.82, 2.24) is 25.0 Å². The second kappa shape index (κ2) is 12.0. The van der Waals surface area contributed by atoms with Gasteiger partial charge in [-0.25, -0.2) is 0 Å². The minimum atomic E-state index is -0.0911. The summed E-state index contributed by atoms with van der Waals surface area (Å²) >= 11 is 0. The average Bonchev–Trinajstić information content (AvgIpc) is 3.12. The Labute approximate surface area is 166 Å². The number of aryl methyl sites for hydroxylation is 1. The molecule has 1 saturated heterocycles. The molecular formula is C16H29IN6O2. The highest BCUT2D eigenvalue weighted by Gasteiger charge is 2.28. The molecule has 0 aliphatic carbocycles. The van der Waals surface area contributed by atoms with Crippen molar-refractivity contribution < 1.29 is 9.53 Å². The summed E-state index contributed by atoms with van der Waals surface area (Å²) in [5, 5.41) is 11.0. The van der Waals surface area contributed by atoms with Gasteiger partial charge in [0.05, 0.1) is 12.5 Å². The van der Waals surface area contributed by atoms with Gasteiger partial charge in [-0.3, -0.25) is 9.79 Å². The van der Waals surface area contributed by atoms with Crippen LogP contribution in [0.15, 0.2) is 17.6 Å². The lowest BCUT2D eigenvalue weighted by Crippen LogP contribution is -2.48. The Kier molecular flexibility index (Phi) is 10.4. The van der Waals surface area contributed by atoms with Crippen LogP contribution < -0.4 is 5.32 Å². The van der Waals surface area contributed by atoms with Gasteiger partial charge in [0.2, 0.25) is 0 Å². The lowest BCUT2D eigenvalue weighted by Gasteiger charge is -2.33. The van der Waals surface area contributed by atoms with Gasteiger partial charge in [0, 0.05) is 33.2 Å². The van der Waals surface area contributed by atoms with Crippen LogP contribution in [0.25, 0.3) is 0 Å². The van der Waals surface area contributed by atoms with E-state index >= 15 is 0 Å². The highest BCUT2D eigenvalue weighted by atomic mass is 127. The molecule has 25 heavy (non-hydrogen) atoms. The molecule has 0 saturated carbocycles. The molecule has 142 valence electrons. The minimum absolute atomic E-state index is 0. The van der Waals surface area contributed by atoms with Gasteiger partial charge in [-0.05, 0) is 32.6 Å². The number of unbranched alkanes of at least 4 members (excludes halogenated alkanes) is 1. The van der Waals surface area contributed by atoms with Gasteiger partial charge >= 0.3 is 5.97 Å². The predicted molar refractivity (Wildman–Crippen MR) is 107 cm³/mol. The first-order valence-electron chi connectivity index (χ1n) is 8.69. The number of piperidine rings is 1. The Morgan fingerprint density at radius 1 is 1.36 bits per heavy atom. The fourth-order valence-electron chi connectivity index (χ4n) is 2.91. The summed E-state index contributed by atoms with van der Waals surface area (Å²) in [7, 11) is 1.79. The molecule has 1 aromatic heterocycles. The number of guanidine groups is 1. The SMILES string of the molecule is CCOC(=O)[C@H]1CCCN(C(=NC)NCCCCn2cnnc2)C1.I. The van der Waals surface area contributed by atoms with Crippen LogP contribution in [-0.4, -0.2) is 64.9 Å². The van der Waals surface area contributed by atoms with Crippen molar-refractivity contribution in [3.63, 3.8) is 0 Å². The zero-order valence-corrected chi connectivity index (χ0v) is 17.4. The Morgan fingerprint density at radius 3 is 2.80 bits per heavy atom. The van der Waals surface area contributed by atoms with E-state index < -0.39 is 0 Å². The van der Waals surface area contributed by atoms with Crippen molar-refractivity contribution in [1.29, 1.82) is 0 Å². The van der Waals surface area contributed by atoms with Crippen molar-refractivity contribution in [3.8, 4) is 0 Å². The topological polar surface area (TPSA) is 84.6 Å². The summed E-state index contributed by atoms with van der Waals surface area (Å²) in [6, 6.07) is 0. The normalized spacial score (nSPS) is 17.8. The number of likely N-dealkylation sites (tertiary alicyclic amines) is 1. The number of nitrogens with one attached hydrogen (secondary N) is 1. The van der Waals surface area contributed by atoms with Crippen molar-refractivity contribution >= 4 is 35.9 Å². The van der Waals surface area contributed by atoms with Crippen LogP contribution in [0, 0.1) is 5.92 Å². The van der Waals surface area contributed by atoms with E-state index in [1.54, 1.807) is 19.7 Å². The van der Waals surface area contributed by atoms with E-state index in [1.807, 2.05) is 11.5 Å². The van der Waals surface area contributed by atoms with Crippen molar-refractivity contribution in [2.24, 2.45) is 10.9 Å². The number of nitrogens with zero attached hydrogens (tertiary/aromatic N) is 5. The number of carbonyl (C=O) groups is 1. The number of hydrogen-bond acceptors (Lipinski definition) is 5. The third-order valence-corrected chi connectivity index (χ3v) is 4.15. The monoisotopic (exact) mass is 464 g/mol. The molecule has 9 heteroatoms. The minimum Gasteiger partial charge on any atom is -0.466 e. The molecule has 2 heterocycles. The summed E-state index contributed by atoms with van der Waals surface area (Å²) in [5.74, 6) is 0.728. The second-order valence-corrected chi connectivity index (χ2v) is 5.92. The van der Waals surface area contributed by atoms with Gasteiger partial charge in [0.25, 0.3) is 0 Å². The molecule has 1 aliphatic heterocycles. The number of aliphatic imine (C=N–C) groups is 1. The van der Waals surface area contributed by atoms with Crippen LogP contribution in [0.1, 0.15) is 32.6 Å². The first-order chi connectivity index (χ1) is 11.7. The molecule has 0 aromatic carbocycles. The Morgan fingerprint density at radius 2 is 2.12 bits per heavy atom. The van der Waals surface area contributed by atoms with E-state index in [1.165, 1.54) is 0 Å². The van der Waals surface area contributed by atoms with Crippen LogP contribution in [-0.2, 0) is 16.1 Å². The van der Waals surface area contributed by atoms with Crippen LogP contribution in [0.5, 0.6) is 0 Å². The molecule has 0 radical (unpaired) electrons. The number of carbonyl (C=O) groups excluding carboxylic acids is 1. The van der Waals surface area contributed by atoms with Crippen molar-refractivity contribution in [3.05, 3.63) is 12.7 Å². The zero-order chi connectivity index (χ0) is 17.2.